The van der Waals surface area contributed by atoms with Crippen molar-refractivity contribution in [2.24, 2.45) is 5.92 Å². The zero-order valence-corrected chi connectivity index (χ0v) is 16.9. The second-order valence-corrected chi connectivity index (χ2v) is 7.58. The molecule has 3 aromatic rings. The van der Waals surface area contributed by atoms with Crippen molar-refractivity contribution in [3.05, 3.63) is 47.0 Å². The third-order valence-corrected chi connectivity index (χ3v) is 4.52. The third kappa shape index (κ3) is 4.84. The Kier molecular flexibility index (Phi) is 5.77. The lowest BCUT2D eigenvalue weighted by molar-refractivity contribution is -0.120. The van der Waals surface area contributed by atoms with E-state index in [0.29, 0.717) is 28.4 Å². The summed E-state index contributed by atoms with van der Waals surface area (Å²) in [6.45, 7) is 5.90. The Bertz CT molecular complexity index is 1010. The van der Waals surface area contributed by atoms with E-state index >= 15 is 0 Å². The number of anilines is 1. The highest BCUT2D eigenvalue weighted by Gasteiger charge is 2.11. The van der Waals surface area contributed by atoms with Crippen LogP contribution in [0.1, 0.15) is 25.8 Å². The summed E-state index contributed by atoms with van der Waals surface area (Å²) in [4.78, 5) is 16.3. The first-order valence-corrected chi connectivity index (χ1v) is 9.38. The van der Waals surface area contributed by atoms with E-state index in [1.807, 2.05) is 57.2 Å². The number of nitrogens with one attached hydrogen (secondary N) is 2. The first kappa shape index (κ1) is 19.3. The van der Waals surface area contributed by atoms with E-state index in [1.165, 1.54) is 0 Å². The van der Waals surface area contributed by atoms with Gasteiger partial charge < -0.3 is 15.1 Å². The number of carbonyl (C=O) groups is 1. The molecule has 0 unspecified atom stereocenters. The van der Waals surface area contributed by atoms with Gasteiger partial charge in [0.1, 0.15) is 5.52 Å². The largest absolute Gasteiger partial charge is 0.436 e. The van der Waals surface area contributed by atoms with Crippen LogP contribution in [-0.4, -0.2) is 16.0 Å². The summed E-state index contributed by atoms with van der Waals surface area (Å²) in [7, 11) is 0. The number of amides is 1. The molecule has 0 spiro atoms. The fraction of sp³-hybridized carbons (Fsp3) is 0.250. The maximum absolute atomic E-state index is 11.8. The van der Waals surface area contributed by atoms with Crippen LogP contribution in [0, 0.1) is 12.8 Å². The lowest BCUT2D eigenvalue weighted by atomic mass is 10.1. The molecule has 7 heteroatoms. The number of fused-ring (bicyclic) bond motifs is 1. The van der Waals surface area contributed by atoms with Gasteiger partial charge in [-0.05, 0) is 61.0 Å². The van der Waals surface area contributed by atoms with Crippen molar-refractivity contribution in [3.63, 3.8) is 0 Å². The molecular formula is C20H20ClN3O2S. The lowest BCUT2D eigenvalue weighted by Gasteiger charge is -2.10. The molecular weight excluding hydrogens is 382 g/mol. The minimum atomic E-state index is -0.108. The Morgan fingerprint density at radius 3 is 2.74 bits per heavy atom. The summed E-state index contributed by atoms with van der Waals surface area (Å²) in [6, 6.07) is 11.1. The van der Waals surface area contributed by atoms with E-state index in [1.54, 1.807) is 0 Å². The van der Waals surface area contributed by atoms with Gasteiger partial charge in [-0.15, -0.1) is 0 Å². The summed E-state index contributed by atoms with van der Waals surface area (Å²) in [5.41, 5.74) is 3.87. The number of hydrogen-bond donors (Lipinski definition) is 2. The molecule has 0 radical (unpaired) electrons. The Labute approximate surface area is 168 Å². The van der Waals surface area contributed by atoms with Gasteiger partial charge in [0.15, 0.2) is 10.7 Å². The second kappa shape index (κ2) is 8.06. The predicted octanol–water partition coefficient (Wildman–Crippen LogP) is 5.32. The topological polar surface area (TPSA) is 67.2 Å². The van der Waals surface area contributed by atoms with E-state index in [2.05, 4.69) is 15.6 Å². The highest BCUT2D eigenvalue weighted by molar-refractivity contribution is 7.80. The van der Waals surface area contributed by atoms with Crippen LogP contribution in [0.5, 0.6) is 0 Å². The maximum Gasteiger partial charge on any atom is 0.227 e. The molecule has 3 rings (SSSR count). The molecule has 27 heavy (non-hydrogen) atoms. The third-order valence-electron chi connectivity index (χ3n) is 3.91. The van der Waals surface area contributed by atoms with Crippen LogP contribution in [0.2, 0.25) is 5.02 Å². The number of benzene rings is 2. The Hall–Kier alpha value is -2.44. The van der Waals surface area contributed by atoms with Gasteiger partial charge >= 0.3 is 0 Å². The molecule has 0 atom stereocenters. The normalized spacial score (nSPS) is 11.0. The first-order valence-electron chi connectivity index (χ1n) is 8.60. The number of halogens is 1. The minimum absolute atomic E-state index is 0.108. The van der Waals surface area contributed by atoms with Crippen LogP contribution >= 0.6 is 23.8 Å². The first-order chi connectivity index (χ1) is 12.8. The molecule has 2 N–H and O–H groups in total. The van der Waals surface area contributed by atoms with Crippen LogP contribution in [-0.2, 0) is 4.79 Å². The molecule has 0 saturated heterocycles. The van der Waals surface area contributed by atoms with Gasteiger partial charge in [0, 0.05) is 22.7 Å². The number of carbonyl (C=O) groups excluding carboxylic acids is 1. The molecule has 0 saturated carbocycles. The van der Waals surface area contributed by atoms with Gasteiger partial charge in [-0.1, -0.05) is 31.5 Å². The summed E-state index contributed by atoms with van der Waals surface area (Å²) in [5.74, 6) is 0.661. The van der Waals surface area contributed by atoms with Gasteiger partial charge in [0.25, 0.3) is 0 Å². The minimum Gasteiger partial charge on any atom is -0.436 e. The number of oxazole rings is 1. The average molecular weight is 402 g/mol. The van der Waals surface area contributed by atoms with Gasteiger partial charge in [-0.25, -0.2) is 4.98 Å². The molecule has 1 aromatic heterocycles. The predicted molar refractivity (Wildman–Crippen MR) is 113 cm³/mol. The SMILES string of the molecule is Cc1ccc(-c2nc3cc(NC(=S)NC(=O)CC(C)C)ccc3o2)cc1Cl. The van der Waals surface area contributed by atoms with Crippen molar-refractivity contribution in [2.75, 3.05) is 5.32 Å². The van der Waals surface area contributed by atoms with E-state index in [-0.39, 0.29) is 16.9 Å². The molecule has 0 aliphatic rings. The average Bonchev–Trinajstić information content (AvgIpc) is 2.99. The second-order valence-electron chi connectivity index (χ2n) is 6.77. The van der Waals surface area contributed by atoms with E-state index in [0.717, 1.165) is 16.8 Å². The van der Waals surface area contributed by atoms with Crippen molar-refractivity contribution >= 4 is 51.6 Å². The molecule has 140 valence electrons. The molecule has 0 bridgehead atoms. The number of rotatable bonds is 4. The van der Waals surface area contributed by atoms with Crippen LogP contribution in [0.25, 0.3) is 22.6 Å². The quantitative estimate of drug-likeness (QED) is 0.579. The van der Waals surface area contributed by atoms with Crippen molar-refractivity contribution in [1.82, 2.24) is 10.3 Å². The summed E-state index contributed by atoms with van der Waals surface area (Å²) in [6.07, 6.45) is 0.423. The van der Waals surface area contributed by atoms with Crippen LogP contribution in [0.3, 0.4) is 0 Å². The van der Waals surface area contributed by atoms with Crippen molar-refractivity contribution in [1.29, 1.82) is 0 Å². The fourth-order valence-electron chi connectivity index (χ4n) is 2.57. The molecule has 2 aromatic carbocycles. The number of nitrogens with zero attached hydrogens (tertiary/aromatic N) is 1. The number of thiocarbonyl (C=S) groups is 1. The van der Waals surface area contributed by atoms with Gasteiger partial charge in [-0.2, -0.15) is 0 Å². The molecule has 0 aliphatic carbocycles. The van der Waals surface area contributed by atoms with Gasteiger partial charge in [0.2, 0.25) is 11.8 Å². The molecule has 1 amide bonds. The highest BCUT2D eigenvalue weighted by Crippen LogP contribution is 2.29. The zero-order chi connectivity index (χ0) is 19.6. The maximum atomic E-state index is 11.8. The summed E-state index contributed by atoms with van der Waals surface area (Å²) >= 11 is 11.4. The van der Waals surface area contributed by atoms with E-state index in [9.17, 15) is 4.79 Å². The van der Waals surface area contributed by atoms with Crippen LogP contribution in [0.4, 0.5) is 5.69 Å². The lowest BCUT2D eigenvalue weighted by Crippen LogP contribution is -2.34. The van der Waals surface area contributed by atoms with E-state index in [4.69, 9.17) is 28.2 Å². The Morgan fingerprint density at radius 2 is 2.04 bits per heavy atom. The van der Waals surface area contributed by atoms with Crippen LogP contribution < -0.4 is 10.6 Å². The van der Waals surface area contributed by atoms with Gasteiger partial charge in [-0.3, -0.25) is 4.79 Å². The van der Waals surface area contributed by atoms with Crippen molar-refractivity contribution < 1.29 is 9.21 Å². The number of aryl methyl sites for hydroxylation is 1. The monoisotopic (exact) mass is 401 g/mol. The molecule has 0 aliphatic heterocycles. The van der Waals surface area contributed by atoms with Crippen LogP contribution in [0.15, 0.2) is 40.8 Å². The van der Waals surface area contributed by atoms with E-state index < -0.39 is 0 Å². The Balaban J connectivity index is 1.76. The zero-order valence-electron chi connectivity index (χ0n) is 15.3. The standard InChI is InChI=1S/C20H20ClN3O2S/c1-11(2)8-18(25)24-20(27)22-14-6-7-17-16(10-14)23-19(26-17)13-5-4-12(3)15(21)9-13/h4-7,9-11H,8H2,1-3H3,(H2,22,24,25,27). The van der Waals surface area contributed by atoms with Crippen molar-refractivity contribution in [2.45, 2.75) is 27.2 Å². The fourth-order valence-corrected chi connectivity index (χ4v) is 2.98. The Morgan fingerprint density at radius 1 is 1.26 bits per heavy atom. The number of aromatic nitrogens is 1. The molecule has 0 fully saturated rings. The van der Waals surface area contributed by atoms with Crippen molar-refractivity contribution in [3.8, 4) is 11.5 Å². The smallest absolute Gasteiger partial charge is 0.227 e. The summed E-state index contributed by atoms with van der Waals surface area (Å²) < 4.78 is 5.82. The van der Waals surface area contributed by atoms with Gasteiger partial charge in [0.05, 0.1) is 0 Å². The number of hydrogen-bond acceptors (Lipinski definition) is 4. The highest BCUT2D eigenvalue weighted by atomic mass is 35.5. The molecule has 1 heterocycles. The molecule has 5 nitrogen and oxygen atoms in total. The summed E-state index contributed by atoms with van der Waals surface area (Å²) in [5, 5.41) is 6.60.